The second-order valence-corrected chi connectivity index (χ2v) is 7.48. The summed E-state index contributed by atoms with van der Waals surface area (Å²) in [7, 11) is 0. The first-order valence-electron chi connectivity index (χ1n) is 7.54. The van der Waals surface area contributed by atoms with E-state index in [4.69, 9.17) is 11.6 Å². The first kappa shape index (κ1) is 16.1. The first-order chi connectivity index (χ1) is 11.1. The zero-order valence-electron chi connectivity index (χ0n) is 13.1. The first-order valence-corrected chi connectivity index (χ1v) is 8.79. The van der Waals surface area contributed by atoms with Gasteiger partial charge in [0.1, 0.15) is 0 Å². The maximum Gasteiger partial charge on any atom is 0.192 e. The van der Waals surface area contributed by atoms with Crippen LogP contribution in [-0.4, -0.2) is 20.0 Å². The van der Waals surface area contributed by atoms with Gasteiger partial charge in [0.05, 0.1) is 11.6 Å². The van der Waals surface area contributed by atoms with E-state index in [9.17, 15) is 0 Å². The van der Waals surface area contributed by atoms with Gasteiger partial charge >= 0.3 is 0 Å². The quantitative estimate of drug-likeness (QED) is 0.600. The van der Waals surface area contributed by atoms with Crippen molar-refractivity contribution >= 4 is 23.4 Å². The van der Waals surface area contributed by atoms with Crippen molar-refractivity contribution in [1.29, 1.82) is 0 Å². The Bertz CT molecular complexity index is 784. The molecule has 0 saturated heterocycles. The SMILES string of the molecule is CC(C)Sc1nnc(-c2ccccc2Cl)n1Cc1ccccc1. The van der Waals surface area contributed by atoms with Crippen LogP contribution < -0.4 is 0 Å². The Kier molecular flexibility index (Phi) is 5.03. The molecule has 0 spiro atoms. The van der Waals surface area contributed by atoms with E-state index in [-0.39, 0.29) is 0 Å². The Labute approximate surface area is 145 Å². The van der Waals surface area contributed by atoms with Gasteiger partial charge in [-0.3, -0.25) is 4.57 Å². The third kappa shape index (κ3) is 3.77. The average Bonchev–Trinajstić information content (AvgIpc) is 2.91. The summed E-state index contributed by atoms with van der Waals surface area (Å²) in [4.78, 5) is 0. The summed E-state index contributed by atoms with van der Waals surface area (Å²) in [5.41, 5.74) is 2.12. The molecule has 0 aliphatic rings. The zero-order valence-corrected chi connectivity index (χ0v) is 14.7. The fourth-order valence-electron chi connectivity index (χ4n) is 2.34. The highest BCUT2D eigenvalue weighted by atomic mass is 35.5. The Balaban J connectivity index is 2.06. The van der Waals surface area contributed by atoms with Crippen LogP contribution in [0.4, 0.5) is 0 Å². The summed E-state index contributed by atoms with van der Waals surface area (Å²) in [5.74, 6) is 0.808. The molecule has 3 rings (SSSR count). The van der Waals surface area contributed by atoms with Crippen molar-refractivity contribution in [2.24, 2.45) is 0 Å². The molecule has 0 fully saturated rings. The van der Waals surface area contributed by atoms with E-state index < -0.39 is 0 Å². The minimum absolute atomic E-state index is 0.438. The van der Waals surface area contributed by atoms with Crippen molar-refractivity contribution in [1.82, 2.24) is 14.8 Å². The Morgan fingerprint density at radius 2 is 1.70 bits per heavy atom. The van der Waals surface area contributed by atoms with Gasteiger partial charge in [-0.25, -0.2) is 0 Å². The Hall–Kier alpha value is -1.78. The van der Waals surface area contributed by atoms with Gasteiger partial charge in [-0.15, -0.1) is 10.2 Å². The number of rotatable bonds is 5. The second kappa shape index (κ2) is 7.20. The zero-order chi connectivity index (χ0) is 16.2. The molecule has 1 heterocycles. The molecule has 23 heavy (non-hydrogen) atoms. The molecule has 1 aromatic heterocycles. The molecule has 0 atom stereocenters. The van der Waals surface area contributed by atoms with Gasteiger partial charge in [0.25, 0.3) is 0 Å². The highest BCUT2D eigenvalue weighted by Gasteiger charge is 2.17. The van der Waals surface area contributed by atoms with E-state index >= 15 is 0 Å². The van der Waals surface area contributed by atoms with E-state index in [1.54, 1.807) is 11.8 Å². The number of hydrogen-bond acceptors (Lipinski definition) is 3. The number of benzene rings is 2. The summed E-state index contributed by atoms with van der Waals surface area (Å²) in [5, 5.41) is 10.8. The predicted octanol–water partition coefficient (Wildman–Crippen LogP) is 5.15. The van der Waals surface area contributed by atoms with Crippen LogP contribution in [0, 0.1) is 0 Å². The third-order valence-electron chi connectivity index (χ3n) is 3.36. The summed E-state index contributed by atoms with van der Waals surface area (Å²) in [6.45, 7) is 5.03. The Morgan fingerprint density at radius 1 is 1.00 bits per heavy atom. The van der Waals surface area contributed by atoms with Crippen molar-refractivity contribution in [2.45, 2.75) is 30.8 Å². The number of halogens is 1. The van der Waals surface area contributed by atoms with Gasteiger partial charge in [-0.1, -0.05) is 79.7 Å². The summed E-state index contributed by atoms with van der Waals surface area (Å²) in [6.07, 6.45) is 0. The van der Waals surface area contributed by atoms with Crippen LogP contribution in [0.25, 0.3) is 11.4 Å². The minimum Gasteiger partial charge on any atom is -0.297 e. The smallest absolute Gasteiger partial charge is 0.192 e. The third-order valence-corrected chi connectivity index (χ3v) is 4.67. The minimum atomic E-state index is 0.438. The molecule has 0 radical (unpaired) electrons. The monoisotopic (exact) mass is 343 g/mol. The second-order valence-electron chi connectivity index (χ2n) is 5.52. The molecule has 0 aliphatic heterocycles. The van der Waals surface area contributed by atoms with Crippen molar-refractivity contribution in [2.75, 3.05) is 0 Å². The van der Waals surface area contributed by atoms with Crippen LogP contribution in [0.5, 0.6) is 0 Å². The highest BCUT2D eigenvalue weighted by molar-refractivity contribution is 7.99. The van der Waals surface area contributed by atoms with Crippen LogP contribution in [-0.2, 0) is 6.54 Å². The van der Waals surface area contributed by atoms with Crippen LogP contribution in [0.15, 0.2) is 59.8 Å². The number of aromatic nitrogens is 3. The van der Waals surface area contributed by atoms with Gasteiger partial charge < -0.3 is 0 Å². The maximum atomic E-state index is 6.36. The van der Waals surface area contributed by atoms with E-state index in [1.807, 2.05) is 42.5 Å². The molecular formula is C18H18ClN3S. The van der Waals surface area contributed by atoms with Crippen molar-refractivity contribution in [3.63, 3.8) is 0 Å². The molecule has 5 heteroatoms. The molecule has 3 aromatic rings. The van der Waals surface area contributed by atoms with E-state index in [0.29, 0.717) is 10.3 Å². The van der Waals surface area contributed by atoms with Gasteiger partial charge in [0.15, 0.2) is 11.0 Å². The molecule has 0 N–H and O–H groups in total. The molecule has 0 unspecified atom stereocenters. The molecule has 0 aliphatic carbocycles. The van der Waals surface area contributed by atoms with E-state index in [2.05, 4.69) is 40.7 Å². The van der Waals surface area contributed by atoms with Gasteiger partial charge in [-0.2, -0.15) is 0 Å². The highest BCUT2D eigenvalue weighted by Crippen LogP contribution is 2.31. The van der Waals surface area contributed by atoms with E-state index in [0.717, 1.165) is 23.1 Å². The standard InChI is InChI=1S/C18H18ClN3S/c1-13(2)23-18-21-20-17(15-10-6-7-11-16(15)19)22(18)12-14-8-4-3-5-9-14/h3-11,13H,12H2,1-2H3. The predicted molar refractivity (Wildman–Crippen MR) is 97.0 cm³/mol. The molecule has 2 aromatic carbocycles. The lowest BCUT2D eigenvalue weighted by Gasteiger charge is -2.12. The maximum absolute atomic E-state index is 6.36. The molecule has 118 valence electrons. The van der Waals surface area contributed by atoms with Crippen molar-refractivity contribution < 1.29 is 0 Å². The molecule has 0 amide bonds. The van der Waals surface area contributed by atoms with Gasteiger partial charge in [0.2, 0.25) is 0 Å². The fraction of sp³-hybridized carbons (Fsp3) is 0.222. The lowest BCUT2D eigenvalue weighted by molar-refractivity contribution is 0.713. The normalized spacial score (nSPS) is 11.1. The number of thioether (sulfide) groups is 1. The molecule has 3 nitrogen and oxygen atoms in total. The van der Waals surface area contributed by atoms with Crippen LogP contribution >= 0.6 is 23.4 Å². The fourth-order valence-corrected chi connectivity index (χ4v) is 3.35. The molecular weight excluding hydrogens is 326 g/mol. The van der Waals surface area contributed by atoms with Gasteiger partial charge in [0, 0.05) is 10.8 Å². The Morgan fingerprint density at radius 3 is 2.39 bits per heavy atom. The largest absolute Gasteiger partial charge is 0.297 e. The number of hydrogen-bond donors (Lipinski definition) is 0. The summed E-state index contributed by atoms with van der Waals surface area (Å²) >= 11 is 8.07. The average molecular weight is 344 g/mol. The lowest BCUT2D eigenvalue weighted by Crippen LogP contribution is -2.05. The van der Waals surface area contributed by atoms with Crippen LogP contribution in [0.2, 0.25) is 5.02 Å². The summed E-state index contributed by atoms with van der Waals surface area (Å²) in [6, 6.07) is 18.1. The van der Waals surface area contributed by atoms with E-state index in [1.165, 1.54) is 5.56 Å². The molecule has 0 bridgehead atoms. The van der Waals surface area contributed by atoms with Crippen molar-refractivity contribution in [3.8, 4) is 11.4 Å². The number of nitrogens with zero attached hydrogens (tertiary/aromatic N) is 3. The van der Waals surface area contributed by atoms with Crippen LogP contribution in [0.1, 0.15) is 19.4 Å². The van der Waals surface area contributed by atoms with Crippen LogP contribution in [0.3, 0.4) is 0 Å². The summed E-state index contributed by atoms with van der Waals surface area (Å²) < 4.78 is 2.14. The van der Waals surface area contributed by atoms with Crippen molar-refractivity contribution in [3.05, 3.63) is 65.2 Å². The van der Waals surface area contributed by atoms with Gasteiger partial charge in [-0.05, 0) is 17.7 Å². The lowest BCUT2D eigenvalue weighted by atomic mass is 10.2. The topological polar surface area (TPSA) is 30.7 Å². The molecule has 0 saturated carbocycles.